The lowest BCUT2D eigenvalue weighted by Crippen LogP contribution is -2.15. The van der Waals surface area contributed by atoms with Crippen molar-refractivity contribution in [2.24, 2.45) is 5.41 Å². The summed E-state index contributed by atoms with van der Waals surface area (Å²) in [4.78, 5) is 1.52. The van der Waals surface area contributed by atoms with Crippen molar-refractivity contribution in [2.45, 2.75) is 32.6 Å². The van der Waals surface area contributed by atoms with E-state index in [4.69, 9.17) is 0 Å². The van der Waals surface area contributed by atoms with Gasteiger partial charge in [0.15, 0.2) is 0 Å². The van der Waals surface area contributed by atoms with Gasteiger partial charge in [0.05, 0.1) is 0 Å². The quantitative estimate of drug-likeness (QED) is 0.666. The highest BCUT2D eigenvalue weighted by Crippen LogP contribution is 2.48. The number of rotatable bonds is 1. The van der Waals surface area contributed by atoms with E-state index >= 15 is 0 Å². The second-order valence-corrected chi connectivity index (χ2v) is 4.81. The van der Waals surface area contributed by atoms with Crippen LogP contribution in [0.25, 0.3) is 0 Å². The molecule has 2 rings (SSSR count). The van der Waals surface area contributed by atoms with Gasteiger partial charge in [0.2, 0.25) is 0 Å². The van der Waals surface area contributed by atoms with Crippen molar-refractivity contribution in [3.05, 3.63) is 22.7 Å². The molecule has 0 amide bonds. The van der Waals surface area contributed by atoms with Crippen LogP contribution in [-0.2, 0) is 0 Å². The molecule has 0 radical (unpaired) electrons. The van der Waals surface area contributed by atoms with Crippen molar-refractivity contribution >= 4 is 11.8 Å². The Kier molecular flexibility index (Phi) is 2.18. The molecule has 1 saturated carbocycles. The normalized spacial score (nSPS) is 26.6. The van der Waals surface area contributed by atoms with Gasteiger partial charge in [-0.1, -0.05) is 31.5 Å². The van der Waals surface area contributed by atoms with Crippen molar-refractivity contribution in [3.63, 3.8) is 0 Å². The van der Waals surface area contributed by atoms with Gasteiger partial charge < -0.3 is 5.32 Å². The second kappa shape index (κ2) is 3.17. The highest BCUT2D eigenvalue weighted by molar-refractivity contribution is 8.05. The Balaban J connectivity index is 2.11. The van der Waals surface area contributed by atoms with E-state index in [9.17, 15) is 0 Å². The molecule has 0 aromatic heterocycles. The lowest BCUT2D eigenvalue weighted by molar-refractivity contribution is 0.435. The first-order valence-corrected chi connectivity index (χ1v) is 5.48. The number of thioether (sulfide) groups is 1. The largest absolute Gasteiger partial charge is 0.366 e. The lowest BCUT2D eigenvalue weighted by Gasteiger charge is -2.27. The molecule has 2 heteroatoms. The van der Waals surface area contributed by atoms with Crippen LogP contribution in [-0.4, -0.2) is 0 Å². The van der Waals surface area contributed by atoms with Crippen LogP contribution >= 0.6 is 11.8 Å². The van der Waals surface area contributed by atoms with Gasteiger partial charge in [-0.2, -0.15) is 0 Å². The summed E-state index contributed by atoms with van der Waals surface area (Å²) in [5.74, 6) is 0. The van der Waals surface area contributed by atoms with Gasteiger partial charge in [-0.25, -0.2) is 0 Å². The first-order valence-electron chi connectivity index (χ1n) is 4.60. The van der Waals surface area contributed by atoms with E-state index in [1.165, 1.54) is 30.6 Å². The number of hydrogen-bond acceptors (Lipinski definition) is 2. The maximum atomic E-state index is 3.17. The van der Waals surface area contributed by atoms with Crippen LogP contribution in [0.1, 0.15) is 32.6 Å². The molecule has 1 heterocycles. The highest BCUT2D eigenvalue weighted by atomic mass is 32.2. The van der Waals surface area contributed by atoms with Crippen molar-refractivity contribution < 1.29 is 0 Å². The summed E-state index contributed by atoms with van der Waals surface area (Å²) in [5, 5.41) is 5.31. The highest BCUT2D eigenvalue weighted by Gasteiger charge is 2.32. The molecule has 0 unspecified atom stereocenters. The third-order valence-electron chi connectivity index (χ3n) is 2.88. The molecule has 1 N–H and O–H groups in total. The van der Waals surface area contributed by atoms with E-state index < -0.39 is 0 Å². The zero-order valence-electron chi connectivity index (χ0n) is 7.47. The summed E-state index contributed by atoms with van der Waals surface area (Å²) in [6.07, 6.45) is 9.68. The minimum Gasteiger partial charge on any atom is -0.366 e. The van der Waals surface area contributed by atoms with E-state index in [1.807, 2.05) is 18.0 Å². The summed E-state index contributed by atoms with van der Waals surface area (Å²) in [5.41, 5.74) is 0.475. The van der Waals surface area contributed by atoms with Crippen molar-refractivity contribution in [3.8, 4) is 0 Å². The third kappa shape index (κ3) is 1.40. The second-order valence-electron chi connectivity index (χ2n) is 3.86. The number of allylic oxidation sites excluding steroid dienone is 1. The summed E-state index contributed by atoms with van der Waals surface area (Å²) in [7, 11) is 0. The van der Waals surface area contributed by atoms with Crippen LogP contribution in [0.4, 0.5) is 0 Å². The molecule has 1 nitrogen and oxygen atoms in total. The number of hydrogen-bond donors (Lipinski definition) is 1. The Morgan fingerprint density at radius 1 is 1.42 bits per heavy atom. The summed E-state index contributed by atoms with van der Waals surface area (Å²) in [6.45, 7) is 2.39. The Morgan fingerprint density at radius 3 is 2.75 bits per heavy atom. The van der Waals surface area contributed by atoms with Gasteiger partial charge in [0.1, 0.15) is 0 Å². The fourth-order valence-corrected chi connectivity index (χ4v) is 2.94. The van der Waals surface area contributed by atoms with Crippen LogP contribution in [0, 0.1) is 5.41 Å². The molecule has 0 saturated heterocycles. The van der Waals surface area contributed by atoms with Gasteiger partial charge in [-0.3, -0.25) is 0 Å². The zero-order valence-corrected chi connectivity index (χ0v) is 8.29. The van der Waals surface area contributed by atoms with E-state index in [1.54, 1.807) is 0 Å². The molecule has 0 aromatic carbocycles. The smallest absolute Gasteiger partial charge is 0.0111 e. The van der Waals surface area contributed by atoms with Crippen LogP contribution in [0.2, 0.25) is 0 Å². The molecule has 2 aliphatic rings. The SMILES string of the molecule is CC1(C2=CNC=CS2)CCCC1. The summed E-state index contributed by atoms with van der Waals surface area (Å²) < 4.78 is 0. The monoisotopic (exact) mass is 181 g/mol. The van der Waals surface area contributed by atoms with Crippen LogP contribution in [0.5, 0.6) is 0 Å². The van der Waals surface area contributed by atoms with Gasteiger partial charge in [0, 0.05) is 22.7 Å². The summed E-state index contributed by atoms with van der Waals surface area (Å²) >= 11 is 1.88. The Labute approximate surface area is 78.3 Å². The average Bonchev–Trinajstić information content (AvgIpc) is 2.55. The molecule has 0 aromatic rings. The van der Waals surface area contributed by atoms with Gasteiger partial charge in [-0.05, 0) is 18.2 Å². The van der Waals surface area contributed by atoms with Crippen molar-refractivity contribution in [2.75, 3.05) is 0 Å². The molecule has 12 heavy (non-hydrogen) atoms. The first-order chi connectivity index (χ1) is 5.81. The molecular weight excluding hydrogens is 166 g/mol. The van der Waals surface area contributed by atoms with Crippen molar-refractivity contribution in [1.82, 2.24) is 5.32 Å². The number of nitrogens with one attached hydrogen (secondary N) is 1. The molecule has 0 atom stereocenters. The van der Waals surface area contributed by atoms with E-state index in [-0.39, 0.29) is 0 Å². The predicted octanol–water partition coefficient (Wildman–Crippen LogP) is 3.22. The fourth-order valence-electron chi connectivity index (χ4n) is 2.02. The molecule has 1 aliphatic carbocycles. The zero-order chi connectivity index (χ0) is 8.44. The Bertz CT molecular complexity index is 224. The summed E-state index contributed by atoms with van der Waals surface area (Å²) in [6, 6.07) is 0. The van der Waals surface area contributed by atoms with Crippen LogP contribution in [0.3, 0.4) is 0 Å². The standard InChI is InChI=1S/C10H15NS/c1-10(4-2-3-5-10)9-8-11-6-7-12-9/h6-8,11H,2-5H2,1H3. The minimum atomic E-state index is 0.475. The third-order valence-corrected chi connectivity index (χ3v) is 4.01. The Hall–Kier alpha value is -0.370. The topological polar surface area (TPSA) is 12.0 Å². The average molecular weight is 181 g/mol. The maximum Gasteiger partial charge on any atom is 0.0111 e. The molecule has 0 spiro atoms. The molecule has 1 aliphatic heterocycles. The fraction of sp³-hybridized carbons (Fsp3) is 0.600. The molecule has 66 valence electrons. The van der Waals surface area contributed by atoms with E-state index in [2.05, 4.69) is 23.8 Å². The lowest BCUT2D eigenvalue weighted by atomic mass is 9.88. The van der Waals surface area contributed by atoms with Crippen LogP contribution < -0.4 is 5.32 Å². The van der Waals surface area contributed by atoms with E-state index in [0.717, 1.165) is 0 Å². The van der Waals surface area contributed by atoms with Gasteiger partial charge >= 0.3 is 0 Å². The molecule has 1 fully saturated rings. The molecular formula is C10H15NS. The predicted molar refractivity (Wildman–Crippen MR) is 54.5 cm³/mol. The van der Waals surface area contributed by atoms with Gasteiger partial charge in [-0.15, -0.1) is 0 Å². The Morgan fingerprint density at radius 2 is 2.17 bits per heavy atom. The molecule has 0 bridgehead atoms. The van der Waals surface area contributed by atoms with Crippen LogP contribution in [0.15, 0.2) is 22.7 Å². The maximum absolute atomic E-state index is 3.17. The first kappa shape index (κ1) is 8.24. The van der Waals surface area contributed by atoms with Gasteiger partial charge in [0.25, 0.3) is 0 Å². The van der Waals surface area contributed by atoms with E-state index in [0.29, 0.717) is 5.41 Å². The van der Waals surface area contributed by atoms with Crippen molar-refractivity contribution in [1.29, 1.82) is 0 Å². The minimum absolute atomic E-state index is 0.475.